The zero-order valence-electron chi connectivity index (χ0n) is 13.3. The fraction of sp³-hybridized carbons (Fsp3) is 0.333. The van der Waals surface area contributed by atoms with Gasteiger partial charge in [-0.05, 0) is 12.0 Å². The second kappa shape index (κ2) is 7.53. The van der Waals surface area contributed by atoms with E-state index in [9.17, 15) is 4.79 Å². The highest BCUT2D eigenvalue weighted by molar-refractivity contribution is 7.15. The molecule has 120 valence electrons. The molecule has 0 bridgehead atoms. The zero-order valence-corrected chi connectivity index (χ0v) is 14.1. The van der Waals surface area contributed by atoms with Crippen molar-refractivity contribution in [3.05, 3.63) is 52.5 Å². The lowest BCUT2D eigenvalue weighted by atomic mass is 10.2. The molecule has 2 aromatic rings. The number of nitrogens with one attached hydrogen (secondary N) is 1. The number of hydrogen-bond donors (Lipinski definition) is 1. The number of carbonyl (C=O) groups excluding carboxylic acids is 1. The summed E-state index contributed by atoms with van der Waals surface area (Å²) in [4.78, 5) is 19.4. The fourth-order valence-corrected chi connectivity index (χ4v) is 3.74. The smallest absolute Gasteiger partial charge is 0.223 e. The van der Waals surface area contributed by atoms with Crippen molar-refractivity contribution in [1.29, 1.82) is 0 Å². The fourth-order valence-electron chi connectivity index (χ4n) is 2.70. The Morgan fingerprint density at radius 2 is 2.09 bits per heavy atom. The van der Waals surface area contributed by atoms with Gasteiger partial charge in [-0.1, -0.05) is 42.5 Å². The minimum Gasteiger partial charge on any atom is -0.302 e. The molecule has 0 atom stereocenters. The van der Waals surface area contributed by atoms with Gasteiger partial charge in [-0.2, -0.15) is 0 Å². The van der Waals surface area contributed by atoms with E-state index < -0.39 is 0 Å². The van der Waals surface area contributed by atoms with Crippen molar-refractivity contribution in [3.63, 3.8) is 0 Å². The topological polar surface area (TPSA) is 45.2 Å². The number of benzene rings is 1. The van der Waals surface area contributed by atoms with Gasteiger partial charge in [0.15, 0.2) is 5.13 Å². The van der Waals surface area contributed by atoms with Crippen molar-refractivity contribution in [2.75, 3.05) is 25.0 Å². The maximum absolute atomic E-state index is 11.1. The Balaban J connectivity index is 1.54. The largest absolute Gasteiger partial charge is 0.302 e. The minimum absolute atomic E-state index is 0.0541. The first-order chi connectivity index (χ1) is 11.2. The van der Waals surface area contributed by atoms with Gasteiger partial charge in [-0.3, -0.25) is 9.69 Å². The van der Waals surface area contributed by atoms with Gasteiger partial charge in [0.25, 0.3) is 0 Å². The van der Waals surface area contributed by atoms with Gasteiger partial charge in [0.1, 0.15) is 0 Å². The van der Waals surface area contributed by atoms with E-state index in [0.717, 1.165) is 43.3 Å². The van der Waals surface area contributed by atoms with Crippen LogP contribution < -0.4 is 5.32 Å². The quantitative estimate of drug-likeness (QED) is 0.938. The van der Waals surface area contributed by atoms with Crippen LogP contribution in [0.3, 0.4) is 0 Å². The van der Waals surface area contributed by atoms with E-state index >= 15 is 0 Å². The molecular formula is C18H21N3OS. The van der Waals surface area contributed by atoms with Crippen LogP contribution >= 0.6 is 11.3 Å². The van der Waals surface area contributed by atoms with Crippen LogP contribution in [0.4, 0.5) is 5.13 Å². The number of hydrogen-bond acceptors (Lipinski definition) is 4. The molecule has 0 unspecified atom stereocenters. The third kappa shape index (κ3) is 4.50. The standard InChI is InChI=1S/C18H21N3OS/c1-14(22)19-18-20-16-9-12-21(13-10-17(16)23-18)11-5-8-15-6-3-2-4-7-15/h2-8H,9-13H2,1H3,(H,19,20,22)/b8-5+. The summed E-state index contributed by atoms with van der Waals surface area (Å²) in [6.45, 7) is 4.53. The normalized spacial score (nSPS) is 15.3. The Labute approximate surface area is 140 Å². The first kappa shape index (κ1) is 15.9. The maximum atomic E-state index is 11.1. The number of carbonyl (C=O) groups is 1. The summed E-state index contributed by atoms with van der Waals surface area (Å²) < 4.78 is 0. The monoisotopic (exact) mass is 327 g/mol. The van der Waals surface area contributed by atoms with Gasteiger partial charge in [0, 0.05) is 37.9 Å². The number of nitrogens with zero attached hydrogens (tertiary/aromatic N) is 2. The lowest BCUT2D eigenvalue weighted by Gasteiger charge is -2.17. The molecule has 4 nitrogen and oxygen atoms in total. The van der Waals surface area contributed by atoms with E-state index in [1.54, 1.807) is 11.3 Å². The second-order valence-electron chi connectivity index (χ2n) is 5.68. The third-order valence-corrected chi connectivity index (χ3v) is 4.93. The molecule has 5 heteroatoms. The second-order valence-corrected chi connectivity index (χ2v) is 6.77. The Hall–Kier alpha value is -1.98. The van der Waals surface area contributed by atoms with Crippen molar-refractivity contribution in [1.82, 2.24) is 9.88 Å². The van der Waals surface area contributed by atoms with E-state index in [4.69, 9.17) is 0 Å². The number of rotatable bonds is 4. The van der Waals surface area contributed by atoms with Crippen molar-refractivity contribution < 1.29 is 4.79 Å². The number of thiazole rings is 1. The number of amides is 1. The van der Waals surface area contributed by atoms with Gasteiger partial charge in [-0.15, -0.1) is 11.3 Å². The maximum Gasteiger partial charge on any atom is 0.223 e. The van der Waals surface area contributed by atoms with Crippen molar-refractivity contribution in [2.24, 2.45) is 0 Å². The molecule has 0 radical (unpaired) electrons. The van der Waals surface area contributed by atoms with Crippen LogP contribution in [0.25, 0.3) is 6.08 Å². The van der Waals surface area contributed by atoms with Crippen LogP contribution in [-0.2, 0) is 17.6 Å². The van der Waals surface area contributed by atoms with Gasteiger partial charge in [0.2, 0.25) is 5.91 Å². The number of aromatic nitrogens is 1. The van der Waals surface area contributed by atoms with Crippen LogP contribution in [0.15, 0.2) is 36.4 Å². The zero-order chi connectivity index (χ0) is 16.1. The highest BCUT2D eigenvalue weighted by Gasteiger charge is 2.17. The summed E-state index contributed by atoms with van der Waals surface area (Å²) in [5.41, 5.74) is 2.39. The van der Waals surface area contributed by atoms with E-state index in [2.05, 4.69) is 51.6 Å². The Kier molecular flexibility index (Phi) is 5.20. The average molecular weight is 327 g/mol. The van der Waals surface area contributed by atoms with Crippen LogP contribution in [0.5, 0.6) is 0 Å². The molecule has 1 aromatic carbocycles. The molecule has 1 aromatic heterocycles. The third-order valence-electron chi connectivity index (χ3n) is 3.85. The van der Waals surface area contributed by atoms with Crippen LogP contribution in [0.2, 0.25) is 0 Å². The summed E-state index contributed by atoms with van der Waals surface area (Å²) in [5.74, 6) is -0.0541. The minimum atomic E-state index is -0.0541. The molecule has 2 heterocycles. The molecule has 0 fully saturated rings. The molecule has 0 saturated heterocycles. The Bertz CT molecular complexity index is 668. The first-order valence-electron chi connectivity index (χ1n) is 7.91. The Morgan fingerprint density at radius 3 is 2.87 bits per heavy atom. The summed E-state index contributed by atoms with van der Waals surface area (Å²) in [6, 6.07) is 10.4. The van der Waals surface area contributed by atoms with Gasteiger partial charge < -0.3 is 5.32 Å². The molecule has 0 saturated carbocycles. The van der Waals surface area contributed by atoms with E-state index in [-0.39, 0.29) is 5.91 Å². The number of anilines is 1. The highest BCUT2D eigenvalue weighted by Crippen LogP contribution is 2.26. The van der Waals surface area contributed by atoms with Crippen LogP contribution in [0, 0.1) is 0 Å². The number of fused-ring (bicyclic) bond motifs is 1. The van der Waals surface area contributed by atoms with Crippen LogP contribution in [0.1, 0.15) is 23.1 Å². The Morgan fingerprint density at radius 1 is 1.30 bits per heavy atom. The lowest BCUT2D eigenvalue weighted by Crippen LogP contribution is -2.26. The predicted molar refractivity (Wildman–Crippen MR) is 95.7 cm³/mol. The molecule has 1 amide bonds. The van der Waals surface area contributed by atoms with E-state index in [0.29, 0.717) is 0 Å². The molecule has 0 aliphatic carbocycles. The van der Waals surface area contributed by atoms with Gasteiger partial charge >= 0.3 is 0 Å². The molecule has 0 spiro atoms. The van der Waals surface area contributed by atoms with E-state index in [1.807, 2.05) is 6.07 Å². The molecule has 23 heavy (non-hydrogen) atoms. The summed E-state index contributed by atoms with van der Waals surface area (Å²) in [5, 5.41) is 3.53. The van der Waals surface area contributed by atoms with Crippen LogP contribution in [-0.4, -0.2) is 35.4 Å². The van der Waals surface area contributed by atoms with Gasteiger partial charge in [-0.25, -0.2) is 4.98 Å². The van der Waals surface area contributed by atoms with E-state index in [1.165, 1.54) is 17.4 Å². The van der Waals surface area contributed by atoms with Crippen molar-refractivity contribution in [2.45, 2.75) is 19.8 Å². The highest BCUT2D eigenvalue weighted by atomic mass is 32.1. The first-order valence-corrected chi connectivity index (χ1v) is 8.72. The summed E-state index contributed by atoms with van der Waals surface area (Å²) in [7, 11) is 0. The van der Waals surface area contributed by atoms with Crippen molar-refractivity contribution >= 4 is 28.5 Å². The molecular weight excluding hydrogens is 306 g/mol. The SMILES string of the molecule is CC(=O)Nc1nc2c(s1)CCN(C/C=C/c1ccccc1)CC2. The van der Waals surface area contributed by atoms with Gasteiger partial charge in [0.05, 0.1) is 5.69 Å². The lowest BCUT2D eigenvalue weighted by molar-refractivity contribution is -0.114. The van der Waals surface area contributed by atoms with Crippen molar-refractivity contribution in [3.8, 4) is 0 Å². The molecule has 3 rings (SSSR count). The molecule has 1 aliphatic heterocycles. The summed E-state index contributed by atoms with van der Waals surface area (Å²) >= 11 is 1.61. The predicted octanol–water partition coefficient (Wildman–Crippen LogP) is 3.22. The average Bonchev–Trinajstić information content (AvgIpc) is 2.82. The molecule has 1 N–H and O–H groups in total. The molecule has 1 aliphatic rings. The summed E-state index contributed by atoms with van der Waals surface area (Å²) in [6.07, 6.45) is 6.36.